The van der Waals surface area contributed by atoms with Crippen LogP contribution in [-0.4, -0.2) is 16.7 Å². The lowest BCUT2D eigenvalue weighted by Crippen LogP contribution is -2.21. The van der Waals surface area contributed by atoms with E-state index in [1.165, 1.54) is 17.9 Å². The molecule has 5 heteroatoms. The number of aromatic nitrogens is 2. The third-order valence-corrected chi connectivity index (χ3v) is 1.28. The number of hydrogen-bond acceptors (Lipinski definition) is 4. The first-order valence-corrected chi connectivity index (χ1v) is 3.02. The predicted molar refractivity (Wildman–Crippen MR) is 40.4 cm³/mol. The van der Waals surface area contributed by atoms with Crippen molar-refractivity contribution in [2.45, 2.75) is 0 Å². The van der Waals surface area contributed by atoms with Crippen LogP contribution < -0.4 is 16.0 Å². The number of nitrogen functional groups attached to an aromatic ring is 1. The maximum atomic E-state index is 11.0. The normalized spacial score (nSPS) is 9.64. The molecule has 1 rings (SSSR count). The Morgan fingerprint density at radius 1 is 1.73 bits per heavy atom. The van der Waals surface area contributed by atoms with E-state index < -0.39 is 0 Å². The molecule has 1 aromatic heterocycles. The van der Waals surface area contributed by atoms with Gasteiger partial charge in [-0.1, -0.05) is 0 Å². The summed E-state index contributed by atoms with van der Waals surface area (Å²) in [7, 11) is 3.05. The molecule has 1 aromatic rings. The van der Waals surface area contributed by atoms with Crippen LogP contribution in [0.5, 0.6) is 5.88 Å². The standard InChI is InChI=1S/C6H9N3O2/c1-9-3-4(11-2)8-5(7)6(9)10/h3H,1-2H3,(H2,7,8). The van der Waals surface area contributed by atoms with Gasteiger partial charge in [-0.3, -0.25) is 4.79 Å². The average Bonchev–Trinajstić information content (AvgIpc) is 1.99. The lowest BCUT2D eigenvalue weighted by Gasteiger charge is -2.01. The molecule has 60 valence electrons. The third kappa shape index (κ3) is 1.31. The van der Waals surface area contributed by atoms with E-state index in [1.807, 2.05) is 0 Å². The maximum absolute atomic E-state index is 11.0. The smallest absolute Gasteiger partial charge is 0.293 e. The summed E-state index contributed by atoms with van der Waals surface area (Å²) in [5.74, 6) is 0.288. The number of rotatable bonds is 1. The van der Waals surface area contributed by atoms with Crippen LogP contribution in [0.4, 0.5) is 5.82 Å². The van der Waals surface area contributed by atoms with Crippen LogP contribution in [0.2, 0.25) is 0 Å². The summed E-state index contributed by atoms with van der Waals surface area (Å²) in [4.78, 5) is 14.6. The zero-order valence-corrected chi connectivity index (χ0v) is 6.37. The second kappa shape index (κ2) is 2.61. The molecule has 0 saturated heterocycles. The fraction of sp³-hybridized carbons (Fsp3) is 0.333. The Bertz CT molecular complexity index is 292. The Labute approximate surface area is 63.4 Å². The third-order valence-electron chi connectivity index (χ3n) is 1.28. The van der Waals surface area contributed by atoms with E-state index >= 15 is 0 Å². The van der Waals surface area contributed by atoms with Gasteiger partial charge >= 0.3 is 0 Å². The molecule has 1 heterocycles. The molecule has 0 fully saturated rings. The lowest BCUT2D eigenvalue weighted by molar-refractivity contribution is 0.393. The van der Waals surface area contributed by atoms with Gasteiger partial charge in [-0.25, -0.2) is 0 Å². The molecule has 0 saturated carbocycles. The minimum atomic E-state index is -0.314. The number of nitrogens with two attached hydrogens (primary N) is 1. The molecule has 2 N–H and O–H groups in total. The molecule has 0 atom stereocenters. The Kier molecular flexibility index (Phi) is 1.80. The van der Waals surface area contributed by atoms with Gasteiger partial charge in [-0.05, 0) is 0 Å². The molecule has 0 aliphatic heterocycles. The minimum Gasteiger partial charge on any atom is -0.480 e. The molecule has 11 heavy (non-hydrogen) atoms. The van der Waals surface area contributed by atoms with Crippen LogP contribution in [0.15, 0.2) is 11.0 Å². The van der Waals surface area contributed by atoms with Crippen LogP contribution in [0.3, 0.4) is 0 Å². The number of anilines is 1. The van der Waals surface area contributed by atoms with Gasteiger partial charge in [-0.15, -0.1) is 0 Å². The van der Waals surface area contributed by atoms with E-state index in [1.54, 1.807) is 7.05 Å². The highest BCUT2D eigenvalue weighted by Gasteiger charge is 2.00. The molecular weight excluding hydrogens is 146 g/mol. The Balaban J connectivity index is 3.32. The van der Waals surface area contributed by atoms with E-state index in [2.05, 4.69) is 4.98 Å². The second-order valence-corrected chi connectivity index (χ2v) is 2.08. The molecule has 0 aromatic carbocycles. The van der Waals surface area contributed by atoms with Crippen LogP contribution in [0.25, 0.3) is 0 Å². The van der Waals surface area contributed by atoms with Gasteiger partial charge in [0.2, 0.25) is 5.88 Å². The SMILES string of the molecule is COc1cn(C)c(=O)c(N)n1. The van der Waals surface area contributed by atoms with Crippen molar-refractivity contribution in [3.05, 3.63) is 16.6 Å². The average molecular weight is 155 g/mol. The lowest BCUT2D eigenvalue weighted by atomic mass is 10.6. The minimum absolute atomic E-state index is 0.0492. The molecule has 0 amide bonds. The molecule has 0 aliphatic rings. The van der Waals surface area contributed by atoms with E-state index in [0.29, 0.717) is 5.88 Å². The van der Waals surface area contributed by atoms with Crippen molar-refractivity contribution in [3.8, 4) is 5.88 Å². The van der Waals surface area contributed by atoms with Crippen LogP contribution in [-0.2, 0) is 7.05 Å². The van der Waals surface area contributed by atoms with Gasteiger partial charge < -0.3 is 15.0 Å². The van der Waals surface area contributed by atoms with Gasteiger partial charge in [0.25, 0.3) is 5.56 Å². The number of hydrogen-bond donors (Lipinski definition) is 1. The molecular formula is C6H9N3O2. The van der Waals surface area contributed by atoms with Crippen molar-refractivity contribution in [3.63, 3.8) is 0 Å². The zero-order valence-electron chi connectivity index (χ0n) is 6.37. The summed E-state index contributed by atoms with van der Waals surface area (Å²) in [6.45, 7) is 0. The Morgan fingerprint density at radius 2 is 2.36 bits per heavy atom. The first kappa shape index (κ1) is 7.59. The van der Waals surface area contributed by atoms with Crippen molar-refractivity contribution in [1.82, 2.24) is 9.55 Å². The summed E-state index contributed by atoms with van der Waals surface area (Å²) in [5, 5.41) is 0. The molecule has 5 nitrogen and oxygen atoms in total. The van der Waals surface area contributed by atoms with E-state index in [4.69, 9.17) is 10.5 Å². The van der Waals surface area contributed by atoms with E-state index in [-0.39, 0.29) is 11.4 Å². The number of methoxy groups -OCH3 is 1. The van der Waals surface area contributed by atoms with Crippen molar-refractivity contribution in [2.75, 3.05) is 12.8 Å². The van der Waals surface area contributed by atoms with Gasteiger partial charge in [0.05, 0.1) is 13.3 Å². The molecule has 0 spiro atoms. The van der Waals surface area contributed by atoms with Crippen LogP contribution in [0, 0.1) is 0 Å². The summed E-state index contributed by atoms with van der Waals surface area (Å²) in [6, 6.07) is 0. The van der Waals surface area contributed by atoms with Crippen molar-refractivity contribution in [1.29, 1.82) is 0 Å². The topological polar surface area (TPSA) is 70.1 Å². The van der Waals surface area contributed by atoms with Gasteiger partial charge in [0.1, 0.15) is 0 Å². The summed E-state index contributed by atoms with van der Waals surface area (Å²) < 4.78 is 6.10. The summed E-state index contributed by atoms with van der Waals surface area (Å²) in [6.07, 6.45) is 1.47. The number of nitrogens with zero attached hydrogens (tertiary/aromatic N) is 2. The number of aryl methyl sites for hydroxylation is 1. The van der Waals surface area contributed by atoms with Crippen molar-refractivity contribution in [2.24, 2.45) is 7.05 Å². The number of ether oxygens (including phenoxy) is 1. The largest absolute Gasteiger partial charge is 0.480 e. The molecule has 0 unspecified atom stereocenters. The quantitative estimate of drug-likeness (QED) is 0.586. The van der Waals surface area contributed by atoms with Crippen molar-refractivity contribution >= 4 is 5.82 Å². The first-order valence-electron chi connectivity index (χ1n) is 3.02. The molecule has 0 bridgehead atoms. The fourth-order valence-electron chi connectivity index (χ4n) is 0.699. The van der Waals surface area contributed by atoms with Crippen molar-refractivity contribution < 1.29 is 4.74 Å². The van der Waals surface area contributed by atoms with Crippen LogP contribution >= 0.6 is 0 Å². The van der Waals surface area contributed by atoms with Gasteiger partial charge in [0, 0.05) is 7.05 Å². The highest BCUT2D eigenvalue weighted by Crippen LogP contribution is 2.01. The van der Waals surface area contributed by atoms with Gasteiger partial charge in [-0.2, -0.15) is 4.98 Å². The Morgan fingerprint density at radius 3 is 2.82 bits per heavy atom. The predicted octanol–water partition coefficient (Wildman–Crippen LogP) is -0.629. The van der Waals surface area contributed by atoms with Gasteiger partial charge in [0.15, 0.2) is 5.82 Å². The highest BCUT2D eigenvalue weighted by molar-refractivity contribution is 5.27. The fourth-order valence-corrected chi connectivity index (χ4v) is 0.699. The van der Waals surface area contributed by atoms with Crippen LogP contribution in [0.1, 0.15) is 0 Å². The van der Waals surface area contributed by atoms with E-state index in [0.717, 1.165) is 0 Å². The highest BCUT2D eigenvalue weighted by atomic mass is 16.5. The zero-order chi connectivity index (χ0) is 8.43. The Hall–Kier alpha value is -1.52. The monoisotopic (exact) mass is 155 g/mol. The molecule has 0 radical (unpaired) electrons. The van der Waals surface area contributed by atoms with E-state index in [9.17, 15) is 4.79 Å². The second-order valence-electron chi connectivity index (χ2n) is 2.08. The molecule has 0 aliphatic carbocycles. The first-order chi connectivity index (χ1) is 5.15. The summed E-state index contributed by atoms with van der Waals surface area (Å²) in [5.41, 5.74) is 4.96. The maximum Gasteiger partial charge on any atom is 0.293 e. The summed E-state index contributed by atoms with van der Waals surface area (Å²) >= 11 is 0.